The van der Waals surface area contributed by atoms with E-state index in [2.05, 4.69) is 12.3 Å². The third kappa shape index (κ3) is 64.0. The zero-order valence-electron chi connectivity index (χ0n) is 6.00. The van der Waals surface area contributed by atoms with Crippen molar-refractivity contribution >= 4 is 6.09 Å². The molecule has 0 aliphatic carbocycles. The minimum atomic E-state index is -1.33. The molecule has 1 amide bonds. The molecule has 0 saturated heterocycles. The van der Waals surface area contributed by atoms with Crippen LogP contribution >= 0.6 is 0 Å². The molecule has 60 valence electrons. The van der Waals surface area contributed by atoms with Gasteiger partial charge in [-0.15, -0.1) is 6.58 Å². The first kappa shape index (κ1) is 11.7. The highest BCUT2D eigenvalue weighted by Gasteiger charge is 1.77. The summed E-state index contributed by atoms with van der Waals surface area (Å²) in [4.78, 5) is 8.78. The Bertz CT molecular complexity index is 108. The molecule has 0 atom stereocenters. The molecule has 0 aliphatic heterocycles. The molecule has 4 N–H and O–H groups in total. The Morgan fingerprint density at radius 3 is 2.00 bits per heavy atom. The fraction of sp³-hybridized carbons (Fsp3) is 0.500. The maximum Gasteiger partial charge on any atom is 0.402 e. The first-order valence-electron chi connectivity index (χ1n) is 2.74. The van der Waals surface area contributed by atoms with Crippen molar-refractivity contribution in [3.63, 3.8) is 0 Å². The first-order valence-corrected chi connectivity index (χ1v) is 2.74. The molecule has 4 nitrogen and oxygen atoms in total. The molecule has 0 aliphatic rings. The molecule has 0 unspecified atom stereocenters. The lowest BCUT2D eigenvalue weighted by Gasteiger charge is -1.87. The number of aliphatic hydroxyl groups is 1. The summed E-state index contributed by atoms with van der Waals surface area (Å²) in [5.74, 6) is 0. The maximum atomic E-state index is 8.78. The Kier molecular flexibility index (Phi) is 9.35. The van der Waals surface area contributed by atoms with E-state index in [-0.39, 0.29) is 6.61 Å². The second-order valence-electron chi connectivity index (χ2n) is 1.77. The van der Waals surface area contributed by atoms with E-state index >= 15 is 0 Å². The largest absolute Gasteiger partial charge is 0.465 e. The minimum absolute atomic E-state index is 0.231. The van der Waals surface area contributed by atoms with Gasteiger partial charge >= 0.3 is 6.09 Å². The molecule has 0 spiro atoms. The van der Waals surface area contributed by atoms with Crippen LogP contribution in [0, 0.1) is 0 Å². The van der Waals surface area contributed by atoms with Crippen LogP contribution in [-0.2, 0) is 0 Å². The molecule has 10 heavy (non-hydrogen) atoms. The van der Waals surface area contributed by atoms with Gasteiger partial charge in [0.2, 0.25) is 0 Å². The van der Waals surface area contributed by atoms with Gasteiger partial charge in [0.25, 0.3) is 0 Å². The predicted octanol–water partition coefficient (Wildman–Crippen LogP) is 0.568. The third-order valence-corrected chi connectivity index (χ3v) is 0.539. The monoisotopic (exact) mass is 147 g/mol. The highest BCUT2D eigenvalue weighted by atomic mass is 16.4. The summed E-state index contributed by atoms with van der Waals surface area (Å²) in [7, 11) is 0. The number of primary amides is 1. The Hall–Kier alpha value is -1.03. The van der Waals surface area contributed by atoms with E-state index in [1.54, 1.807) is 0 Å². The van der Waals surface area contributed by atoms with Gasteiger partial charge in [0.15, 0.2) is 0 Å². The molecule has 0 rings (SSSR count). The van der Waals surface area contributed by atoms with Gasteiger partial charge in [-0.3, -0.25) is 0 Å². The molecule has 4 heteroatoms. The van der Waals surface area contributed by atoms with Gasteiger partial charge in [-0.05, 0) is 13.3 Å². The molecule has 0 aromatic carbocycles. The quantitative estimate of drug-likeness (QED) is 0.499. The number of hydrogen-bond donors (Lipinski definition) is 3. The number of rotatable bonds is 2. The summed E-state index contributed by atoms with van der Waals surface area (Å²) in [5, 5.41) is 15.4. The Labute approximate surface area is 60.0 Å². The van der Waals surface area contributed by atoms with Crippen LogP contribution in [-0.4, -0.2) is 22.9 Å². The Morgan fingerprint density at radius 2 is 2.00 bits per heavy atom. The second-order valence-corrected chi connectivity index (χ2v) is 1.77. The molecule has 0 saturated carbocycles. The van der Waals surface area contributed by atoms with E-state index in [9.17, 15) is 0 Å². The van der Waals surface area contributed by atoms with E-state index in [4.69, 9.17) is 15.0 Å². The summed E-state index contributed by atoms with van der Waals surface area (Å²) < 4.78 is 0. The van der Waals surface area contributed by atoms with Crippen LogP contribution in [0.15, 0.2) is 12.2 Å². The highest BCUT2D eigenvalue weighted by Crippen LogP contribution is 1.90. The minimum Gasteiger partial charge on any atom is -0.465 e. The van der Waals surface area contributed by atoms with Gasteiger partial charge in [-0.25, -0.2) is 4.79 Å². The number of aliphatic hydroxyl groups excluding tert-OH is 1. The van der Waals surface area contributed by atoms with Crippen molar-refractivity contribution in [1.82, 2.24) is 0 Å². The normalized spacial score (nSPS) is 7.40. The number of nitrogens with two attached hydrogens (primary N) is 1. The van der Waals surface area contributed by atoms with Gasteiger partial charge in [0.1, 0.15) is 0 Å². The molecule has 0 fully saturated rings. The number of carbonyl (C=O) groups is 1. The van der Waals surface area contributed by atoms with E-state index in [0.29, 0.717) is 0 Å². The van der Waals surface area contributed by atoms with Gasteiger partial charge in [0.05, 0.1) is 0 Å². The van der Waals surface area contributed by atoms with Crippen molar-refractivity contribution in [2.45, 2.75) is 13.3 Å². The summed E-state index contributed by atoms with van der Waals surface area (Å²) >= 11 is 0. The lowest BCUT2D eigenvalue weighted by atomic mass is 10.3. The van der Waals surface area contributed by atoms with Gasteiger partial charge in [0, 0.05) is 6.61 Å². The average molecular weight is 147 g/mol. The van der Waals surface area contributed by atoms with E-state index in [1.165, 1.54) is 0 Å². The predicted molar refractivity (Wildman–Crippen MR) is 38.7 cm³/mol. The molecule has 0 radical (unpaired) electrons. The van der Waals surface area contributed by atoms with Crippen molar-refractivity contribution < 1.29 is 15.0 Å². The summed E-state index contributed by atoms with van der Waals surface area (Å²) in [6, 6.07) is 0. The molecule has 0 bridgehead atoms. The summed E-state index contributed by atoms with van der Waals surface area (Å²) in [5.41, 5.74) is 5.07. The van der Waals surface area contributed by atoms with Crippen LogP contribution in [0.2, 0.25) is 0 Å². The van der Waals surface area contributed by atoms with Crippen LogP contribution in [0.3, 0.4) is 0 Å². The molecule has 0 aromatic rings. The SMILES string of the molecule is C=C(C)CCO.NC(=O)O. The molecular formula is C6H13NO3. The topological polar surface area (TPSA) is 83.5 Å². The van der Waals surface area contributed by atoms with Crippen LogP contribution in [0.4, 0.5) is 4.79 Å². The fourth-order valence-electron chi connectivity index (χ4n) is 0.191. The number of carboxylic acid groups (broad SMARTS) is 1. The maximum absolute atomic E-state index is 8.78. The number of hydrogen-bond acceptors (Lipinski definition) is 2. The van der Waals surface area contributed by atoms with Crippen molar-refractivity contribution in [2.24, 2.45) is 5.73 Å². The van der Waals surface area contributed by atoms with Crippen molar-refractivity contribution in [1.29, 1.82) is 0 Å². The lowest BCUT2D eigenvalue weighted by molar-refractivity contribution is 0.205. The lowest BCUT2D eigenvalue weighted by Crippen LogP contribution is -2.03. The molecule has 0 aromatic heterocycles. The highest BCUT2D eigenvalue weighted by molar-refractivity contribution is 5.61. The first-order chi connectivity index (χ1) is 4.50. The Balaban J connectivity index is 0. The van der Waals surface area contributed by atoms with Crippen molar-refractivity contribution in [3.8, 4) is 0 Å². The molecular weight excluding hydrogens is 134 g/mol. The van der Waals surface area contributed by atoms with E-state index in [1.807, 2.05) is 6.92 Å². The van der Waals surface area contributed by atoms with E-state index in [0.717, 1.165) is 12.0 Å². The smallest absolute Gasteiger partial charge is 0.402 e. The Morgan fingerprint density at radius 1 is 1.70 bits per heavy atom. The van der Waals surface area contributed by atoms with Gasteiger partial charge in [-0.2, -0.15) is 0 Å². The van der Waals surface area contributed by atoms with Gasteiger partial charge in [-0.1, -0.05) is 5.57 Å². The summed E-state index contributed by atoms with van der Waals surface area (Å²) in [6.45, 7) is 5.72. The van der Waals surface area contributed by atoms with Crippen molar-refractivity contribution in [3.05, 3.63) is 12.2 Å². The summed E-state index contributed by atoms with van der Waals surface area (Å²) in [6.07, 6.45) is -0.597. The molecule has 0 heterocycles. The van der Waals surface area contributed by atoms with Crippen LogP contribution in [0.5, 0.6) is 0 Å². The fourth-order valence-corrected chi connectivity index (χ4v) is 0.191. The third-order valence-electron chi connectivity index (χ3n) is 0.539. The van der Waals surface area contributed by atoms with Crippen LogP contribution in [0.25, 0.3) is 0 Å². The zero-order valence-corrected chi connectivity index (χ0v) is 6.00. The standard InChI is InChI=1S/C5H10O.CH3NO2/c1-5(2)3-4-6;2-1(3)4/h6H,1,3-4H2,2H3;2H2,(H,3,4). The van der Waals surface area contributed by atoms with Gasteiger partial charge < -0.3 is 15.9 Å². The van der Waals surface area contributed by atoms with E-state index < -0.39 is 6.09 Å². The zero-order chi connectivity index (χ0) is 8.57. The van der Waals surface area contributed by atoms with Crippen molar-refractivity contribution in [2.75, 3.05) is 6.61 Å². The average Bonchev–Trinajstić information content (AvgIpc) is 1.62. The van der Waals surface area contributed by atoms with Crippen LogP contribution in [0.1, 0.15) is 13.3 Å². The number of amides is 1. The second kappa shape index (κ2) is 7.97. The van der Waals surface area contributed by atoms with Crippen LogP contribution < -0.4 is 5.73 Å².